The van der Waals surface area contributed by atoms with Gasteiger partial charge in [-0.1, -0.05) is 41.5 Å². The average molecular weight is 239 g/mol. The van der Waals surface area contributed by atoms with Crippen molar-refractivity contribution < 1.29 is 5.11 Å². The molecule has 0 unspecified atom stereocenters. The van der Waals surface area contributed by atoms with Crippen LogP contribution in [-0.4, -0.2) is 17.6 Å². The van der Waals surface area contributed by atoms with E-state index in [1.54, 1.807) is 6.07 Å². The van der Waals surface area contributed by atoms with E-state index in [4.69, 9.17) is 0 Å². The van der Waals surface area contributed by atoms with E-state index in [2.05, 4.69) is 52.0 Å². The first-order valence-corrected chi connectivity index (χ1v) is 8.38. The zero-order chi connectivity index (χ0) is 12.5. The van der Waals surface area contributed by atoms with Gasteiger partial charge in [-0.3, -0.25) is 0 Å². The van der Waals surface area contributed by atoms with Gasteiger partial charge in [-0.15, -0.1) is 0 Å². The molecule has 0 atom stereocenters. The summed E-state index contributed by atoms with van der Waals surface area (Å²) in [7, 11) is -1.63. The second-order valence-corrected chi connectivity index (χ2v) is 11.4. The molecule has 1 N–H and O–H groups in total. The first-order chi connectivity index (χ1) is 7.33. The van der Waals surface area contributed by atoms with Crippen LogP contribution in [0.2, 0.25) is 16.6 Å². The third kappa shape index (κ3) is 1.93. The molecule has 0 aliphatic rings. The maximum absolute atomic E-state index is 9.56. The Morgan fingerprint density at radius 3 is 1.69 bits per heavy atom. The van der Waals surface area contributed by atoms with E-state index in [1.807, 2.05) is 6.20 Å². The lowest BCUT2D eigenvalue weighted by Gasteiger charge is -2.43. The minimum absolute atomic E-state index is 0.388. The molecule has 0 fully saturated rings. The van der Waals surface area contributed by atoms with Gasteiger partial charge in [-0.2, -0.15) is 0 Å². The van der Waals surface area contributed by atoms with Crippen LogP contribution in [0.5, 0.6) is 5.75 Å². The van der Waals surface area contributed by atoms with Crippen LogP contribution in [0.4, 0.5) is 0 Å². The van der Waals surface area contributed by atoms with Crippen molar-refractivity contribution in [3.8, 4) is 5.75 Å². The largest absolute Gasteiger partial charge is 0.506 e. The normalized spacial score (nSPS) is 13.1. The molecule has 0 aliphatic heterocycles. The van der Waals surface area contributed by atoms with Gasteiger partial charge in [0.2, 0.25) is 0 Å². The fourth-order valence-electron chi connectivity index (χ4n) is 3.52. The summed E-state index contributed by atoms with van der Waals surface area (Å²) < 4.78 is 2.34. The van der Waals surface area contributed by atoms with Gasteiger partial charge >= 0.3 is 0 Å². The molecule has 1 heterocycles. The topological polar surface area (TPSA) is 25.2 Å². The predicted molar refractivity (Wildman–Crippen MR) is 72.5 cm³/mol. The molecular formula is C13H25NOSi. The molecule has 92 valence electrons. The Morgan fingerprint density at radius 2 is 1.44 bits per heavy atom. The molecule has 0 radical (unpaired) electrons. The van der Waals surface area contributed by atoms with Gasteiger partial charge in [-0.25, -0.2) is 0 Å². The summed E-state index contributed by atoms with van der Waals surface area (Å²) in [5.74, 6) is 0.388. The van der Waals surface area contributed by atoms with Crippen LogP contribution in [0.15, 0.2) is 18.5 Å². The van der Waals surface area contributed by atoms with Crippen molar-refractivity contribution in [1.29, 1.82) is 0 Å². The van der Waals surface area contributed by atoms with E-state index in [0.29, 0.717) is 22.4 Å². The van der Waals surface area contributed by atoms with Crippen molar-refractivity contribution >= 4 is 8.24 Å². The summed E-state index contributed by atoms with van der Waals surface area (Å²) >= 11 is 0. The lowest BCUT2D eigenvalue weighted by molar-refractivity contribution is 0.475. The van der Waals surface area contributed by atoms with Crippen molar-refractivity contribution in [1.82, 2.24) is 4.23 Å². The van der Waals surface area contributed by atoms with Crippen molar-refractivity contribution in [3.05, 3.63) is 18.5 Å². The van der Waals surface area contributed by atoms with Crippen molar-refractivity contribution in [2.75, 3.05) is 0 Å². The highest BCUT2D eigenvalue weighted by molar-refractivity contribution is 6.82. The molecule has 1 aromatic heterocycles. The summed E-state index contributed by atoms with van der Waals surface area (Å²) in [6.45, 7) is 13.9. The van der Waals surface area contributed by atoms with Gasteiger partial charge in [0.05, 0.1) is 0 Å². The van der Waals surface area contributed by atoms with E-state index >= 15 is 0 Å². The highest BCUT2D eigenvalue weighted by Crippen LogP contribution is 2.42. The maximum Gasteiger partial charge on any atom is 0.168 e. The highest BCUT2D eigenvalue weighted by Gasteiger charge is 2.44. The number of hydrogen-bond donors (Lipinski definition) is 1. The van der Waals surface area contributed by atoms with Gasteiger partial charge in [0.15, 0.2) is 8.24 Å². The number of hydrogen-bond acceptors (Lipinski definition) is 1. The van der Waals surface area contributed by atoms with Gasteiger partial charge in [0.25, 0.3) is 0 Å². The summed E-state index contributed by atoms with van der Waals surface area (Å²) in [5.41, 5.74) is 2.00. The number of nitrogens with zero attached hydrogens (tertiary/aromatic N) is 1. The summed E-state index contributed by atoms with van der Waals surface area (Å²) in [5, 5.41) is 9.56. The Labute approximate surface area is 100 Å². The maximum atomic E-state index is 9.56. The van der Waals surface area contributed by atoms with Crippen LogP contribution >= 0.6 is 0 Å². The SMILES string of the molecule is CC(C)[Si](C(C)C)(C(C)C)n1ccc(O)c1. The van der Waals surface area contributed by atoms with Crippen LogP contribution in [0.1, 0.15) is 41.5 Å². The molecular weight excluding hydrogens is 214 g/mol. The molecule has 0 aliphatic carbocycles. The second-order valence-electron chi connectivity index (χ2n) is 5.63. The second kappa shape index (κ2) is 4.66. The molecule has 0 saturated carbocycles. The molecule has 0 bridgehead atoms. The quantitative estimate of drug-likeness (QED) is 0.782. The Morgan fingerprint density at radius 1 is 1.00 bits per heavy atom. The average Bonchev–Trinajstić information content (AvgIpc) is 2.50. The van der Waals surface area contributed by atoms with Crippen LogP contribution in [0, 0.1) is 0 Å². The standard InChI is InChI=1S/C13H25NOSi/c1-10(2)16(11(3)4,12(5)6)14-8-7-13(15)9-14/h7-12,15H,1-6H3. The van der Waals surface area contributed by atoms with Crippen molar-refractivity contribution in [2.24, 2.45) is 0 Å². The van der Waals surface area contributed by atoms with Gasteiger partial charge in [0, 0.05) is 6.20 Å². The smallest absolute Gasteiger partial charge is 0.168 e. The number of rotatable bonds is 4. The van der Waals surface area contributed by atoms with Gasteiger partial charge in [0.1, 0.15) is 5.75 Å². The van der Waals surface area contributed by atoms with Crippen molar-refractivity contribution in [3.63, 3.8) is 0 Å². The van der Waals surface area contributed by atoms with E-state index in [0.717, 1.165) is 0 Å². The van der Waals surface area contributed by atoms with Crippen LogP contribution < -0.4 is 0 Å². The monoisotopic (exact) mass is 239 g/mol. The number of aromatic hydroxyl groups is 1. The molecule has 0 aromatic carbocycles. The van der Waals surface area contributed by atoms with Gasteiger partial charge < -0.3 is 9.34 Å². The molecule has 0 spiro atoms. The Kier molecular flexibility index (Phi) is 3.89. The van der Waals surface area contributed by atoms with E-state index in [-0.39, 0.29) is 0 Å². The molecule has 0 saturated heterocycles. The molecule has 0 amide bonds. The zero-order valence-corrected chi connectivity index (χ0v) is 12.4. The fourth-order valence-corrected chi connectivity index (χ4v) is 10.00. The van der Waals surface area contributed by atoms with E-state index in [9.17, 15) is 5.11 Å². The molecule has 16 heavy (non-hydrogen) atoms. The first-order valence-electron chi connectivity index (χ1n) is 6.20. The minimum atomic E-state index is -1.63. The van der Waals surface area contributed by atoms with E-state index < -0.39 is 8.24 Å². The summed E-state index contributed by atoms with van der Waals surface area (Å²) in [6.07, 6.45) is 3.97. The minimum Gasteiger partial charge on any atom is -0.506 e. The molecule has 1 rings (SSSR count). The zero-order valence-electron chi connectivity index (χ0n) is 11.4. The highest BCUT2D eigenvalue weighted by atomic mass is 28.3. The summed E-state index contributed by atoms with van der Waals surface area (Å²) in [6, 6.07) is 1.80. The molecule has 3 heteroatoms. The van der Waals surface area contributed by atoms with E-state index in [1.165, 1.54) is 0 Å². The molecule has 2 nitrogen and oxygen atoms in total. The third-order valence-electron chi connectivity index (χ3n) is 3.90. The Hall–Kier alpha value is -0.703. The van der Waals surface area contributed by atoms with Crippen molar-refractivity contribution in [2.45, 2.75) is 58.2 Å². The summed E-state index contributed by atoms with van der Waals surface area (Å²) in [4.78, 5) is 0. The Bertz CT molecular complexity index is 320. The lowest BCUT2D eigenvalue weighted by atomic mass is 10.5. The molecule has 1 aromatic rings. The predicted octanol–water partition coefficient (Wildman–Crippen LogP) is 4.22. The van der Waals surface area contributed by atoms with Crippen LogP contribution in [0.25, 0.3) is 0 Å². The third-order valence-corrected chi connectivity index (χ3v) is 10.6. The number of aromatic nitrogens is 1. The van der Waals surface area contributed by atoms with Crippen LogP contribution in [-0.2, 0) is 0 Å². The Balaban J connectivity index is 3.33. The van der Waals surface area contributed by atoms with Crippen LogP contribution in [0.3, 0.4) is 0 Å². The first kappa shape index (κ1) is 13.4. The van der Waals surface area contributed by atoms with Gasteiger partial charge in [-0.05, 0) is 28.9 Å². The lowest BCUT2D eigenvalue weighted by Crippen LogP contribution is -2.51. The fraction of sp³-hybridized carbons (Fsp3) is 0.692.